The van der Waals surface area contributed by atoms with Gasteiger partial charge < -0.3 is 15.2 Å². The number of amides is 1. The first-order chi connectivity index (χ1) is 3.89. The highest BCUT2D eigenvalue weighted by atomic mass is 16.6. The molecule has 0 aromatic rings. The maximum atomic E-state index is 9.91. The fraction of sp³-hybridized carbons (Fsp3) is 0.750. The number of carbonyl (C=O) groups excluding carboxylic acids is 1. The largest absolute Gasteiger partial charge is 0.448 e. The Labute approximate surface area is 47.5 Å². The van der Waals surface area contributed by atoms with Crippen LogP contribution >= 0.6 is 0 Å². The Hall–Kier alpha value is -0.770. The zero-order chi connectivity index (χ0) is 6.41. The van der Waals surface area contributed by atoms with Gasteiger partial charge in [-0.05, 0) is 0 Å². The maximum absolute atomic E-state index is 9.91. The molecule has 1 heterocycles. The highest BCUT2D eigenvalue weighted by Crippen LogP contribution is 1.82. The molecule has 0 radical (unpaired) electrons. The van der Waals surface area contributed by atoms with Crippen LogP contribution in [0.3, 0.4) is 0 Å². The van der Waals surface area contributed by atoms with Crippen molar-refractivity contribution in [3.8, 4) is 0 Å². The minimum absolute atomic E-state index is 0.296. The van der Waals surface area contributed by atoms with Crippen LogP contribution in [-0.4, -0.2) is 31.5 Å². The molecular formula is C4H9NO3. The number of ether oxygens (including phenoxy) is 1. The molecule has 1 amide bonds. The van der Waals surface area contributed by atoms with Gasteiger partial charge in [-0.15, -0.1) is 0 Å². The Morgan fingerprint density at radius 2 is 2.38 bits per heavy atom. The normalized spacial score (nSPS) is 15.5. The molecule has 1 aliphatic rings. The van der Waals surface area contributed by atoms with Gasteiger partial charge in [-0.2, -0.15) is 0 Å². The van der Waals surface area contributed by atoms with E-state index in [4.69, 9.17) is 5.11 Å². The summed E-state index contributed by atoms with van der Waals surface area (Å²) in [7, 11) is 1.00. The van der Waals surface area contributed by atoms with Crippen LogP contribution in [0.4, 0.5) is 4.79 Å². The zero-order valence-corrected chi connectivity index (χ0v) is 4.68. The Kier molecular flexibility index (Phi) is 3.97. The van der Waals surface area contributed by atoms with E-state index in [0.29, 0.717) is 13.2 Å². The van der Waals surface area contributed by atoms with Gasteiger partial charge in [0, 0.05) is 7.11 Å². The summed E-state index contributed by atoms with van der Waals surface area (Å²) in [6.07, 6.45) is -0.296. The number of aliphatic hydroxyl groups excluding tert-OH is 1. The van der Waals surface area contributed by atoms with E-state index < -0.39 is 0 Å². The highest BCUT2D eigenvalue weighted by molar-refractivity contribution is 5.68. The third-order valence-electron chi connectivity index (χ3n) is 0.605. The van der Waals surface area contributed by atoms with Crippen molar-refractivity contribution in [2.45, 2.75) is 0 Å². The van der Waals surface area contributed by atoms with Crippen molar-refractivity contribution in [3.63, 3.8) is 0 Å². The first-order valence-electron chi connectivity index (χ1n) is 2.25. The Morgan fingerprint density at radius 1 is 1.75 bits per heavy atom. The lowest BCUT2D eigenvalue weighted by atomic mass is 10.7. The fourth-order valence-corrected chi connectivity index (χ4v) is 0.348. The average Bonchev–Trinajstić information content (AvgIpc) is 2.24. The minimum atomic E-state index is -0.296. The van der Waals surface area contributed by atoms with E-state index in [1.165, 1.54) is 0 Å². The molecule has 1 aliphatic heterocycles. The second-order valence-corrected chi connectivity index (χ2v) is 1.06. The molecule has 0 unspecified atom stereocenters. The number of aliphatic hydroxyl groups is 1. The van der Waals surface area contributed by atoms with Crippen LogP contribution in [0.5, 0.6) is 0 Å². The van der Waals surface area contributed by atoms with Crippen LogP contribution in [0.2, 0.25) is 0 Å². The maximum Gasteiger partial charge on any atom is 0.407 e. The monoisotopic (exact) mass is 119 g/mol. The number of nitrogens with one attached hydrogen (secondary N) is 1. The van der Waals surface area contributed by atoms with Crippen LogP contribution in [0.25, 0.3) is 0 Å². The van der Waals surface area contributed by atoms with Gasteiger partial charge in [-0.25, -0.2) is 4.79 Å². The predicted molar refractivity (Wildman–Crippen MR) is 27.5 cm³/mol. The minimum Gasteiger partial charge on any atom is -0.448 e. The Balaban J connectivity index is 0.000000222. The van der Waals surface area contributed by atoms with Gasteiger partial charge in [0.15, 0.2) is 0 Å². The van der Waals surface area contributed by atoms with Gasteiger partial charge in [0.2, 0.25) is 0 Å². The average molecular weight is 119 g/mol. The molecule has 4 nitrogen and oxygen atoms in total. The molecule has 1 rings (SSSR count). The fourth-order valence-electron chi connectivity index (χ4n) is 0.348. The number of cyclic esters (lactones) is 1. The van der Waals surface area contributed by atoms with Gasteiger partial charge in [0.1, 0.15) is 6.61 Å². The molecule has 0 aromatic heterocycles. The summed E-state index contributed by atoms with van der Waals surface area (Å²) in [6.45, 7) is 1.19. The molecule has 4 heteroatoms. The molecule has 0 saturated carbocycles. The number of hydrogen-bond donors (Lipinski definition) is 2. The number of carbonyl (C=O) groups is 1. The summed E-state index contributed by atoms with van der Waals surface area (Å²) < 4.78 is 4.40. The molecule has 0 bridgehead atoms. The van der Waals surface area contributed by atoms with E-state index in [1.807, 2.05) is 0 Å². The van der Waals surface area contributed by atoms with Crippen LogP contribution in [-0.2, 0) is 4.74 Å². The van der Waals surface area contributed by atoms with Crippen molar-refractivity contribution in [2.24, 2.45) is 0 Å². The van der Waals surface area contributed by atoms with Crippen molar-refractivity contribution in [2.75, 3.05) is 20.3 Å². The quantitative estimate of drug-likeness (QED) is 0.445. The van der Waals surface area contributed by atoms with Crippen LogP contribution in [0.15, 0.2) is 0 Å². The van der Waals surface area contributed by atoms with Gasteiger partial charge in [-0.3, -0.25) is 0 Å². The lowest BCUT2D eigenvalue weighted by molar-refractivity contribution is 0.178. The van der Waals surface area contributed by atoms with E-state index >= 15 is 0 Å². The topological polar surface area (TPSA) is 58.6 Å². The van der Waals surface area contributed by atoms with E-state index in [9.17, 15) is 4.79 Å². The van der Waals surface area contributed by atoms with Crippen molar-refractivity contribution in [3.05, 3.63) is 0 Å². The van der Waals surface area contributed by atoms with Crippen molar-refractivity contribution in [1.29, 1.82) is 0 Å². The summed E-state index contributed by atoms with van der Waals surface area (Å²) in [6, 6.07) is 0. The van der Waals surface area contributed by atoms with E-state index in [1.54, 1.807) is 0 Å². The number of rotatable bonds is 0. The Morgan fingerprint density at radius 3 is 2.50 bits per heavy atom. The first kappa shape index (κ1) is 7.23. The lowest BCUT2D eigenvalue weighted by Crippen LogP contribution is -2.11. The highest BCUT2D eigenvalue weighted by Gasteiger charge is 2.06. The smallest absolute Gasteiger partial charge is 0.407 e. The third kappa shape index (κ3) is 2.41. The molecule has 0 spiro atoms. The number of alkyl carbamates (subject to hydrolysis) is 1. The third-order valence-corrected chi connectivity index (χ3v) is 0.605. The standard InChI is InChI=1S/C3H5NO2.CH4O/c5-3-4-1-2-6-3;1-2/h1-2H2,(H,4,5);2H,1H3. The molecule has 0 aromatic carbocycles. The van der Waals surface area contributed by atoms with Gasteiger partial charge in [0.25, 0.3) is 0 Å². The van der Waals surface area contributed by atoms with E-state index in [-0.39, 0.29) is 6.09 Å². The predicted octanol–water partition coefficient (Wildman–Crippen LogP) is -0.665. The number of hydrogen-bond acceptors (Lipinski definition) is 3. The molecule has 2 N–H and O–H groups in total. The second-order valence-electron chi connectivity index (χ2n) is 1.06. The molecule has 48 valence electrons. The second kappa shape index (κ2) is 4.39. The van der Waals surface area contributed by atoms with Crippen molar-refractivity contribution in [1.82, 2.24) is 5.32 Å². The van der Waals surface area contributed by atoms with E-state index in [2.05, 4.69) is 10.1 Å². The first-order valence-corrected chi connectivity index (χ1v) is 2.25. The zero-order valence-electron chi connectivity index (χ0n) is 4.68. The van der Waals surface area contributed by atoms with Gasteiger partial charge in [-0.1, -0.05) is 0 Å². The molecule has 0 aliphatic carbocycles. The SMILES string of the molecule is CO.O=C1NCCO1. The van der Waals surface area contributed by atoms with Crippen LogP contribution in [0.1, 0.15) is 0 Å². The summed E-state index contributed by atoms with van der Waals surface area (Å²) in [5, 5.41) is 9.46. The van der Waals surface area contributed by atoms with Gasteiger partial charge in [0.05, 0.1) is 6.54 Å². The molecule has 8 heavy (non-hydrogen) atoms. The summed E-state index contributed by atoms with van der Waals surface area (Å²) in [4.78, 5) is 9.91. The van der Waals surface area contributed by atoms with Crippen LogP contribution in [0, 0.1) is 0 Å². The summed E-state index contributed by atoms with van der Waals surface area (Å²) in [5.41, 5.74) is 0. The van der Waals surface area contributed by atoms with Gasteiger partial charge >= 0.3 is 6.09 Å². The molecule has 0 atom stereocenters. The molecular weight excluding hydrogens is 110 g/mol. The summed E-state index contributed by atoms with van der Waals surface area (Å²) in [5.74, 6) is 0. The van der Waals surface area contributed by atoms with Crippen molar-refractivity contribution >= 4 is 6.09 Å². The van der Waals surface area contributed by atoms with E-state index in [0.717, 1.165) is 7.11 Å². The van der Waals surface area contributed by atoms with Crippen LogP contribution < -0.4 is 5.32 Å². The molecule has 1 fully saturated rings. The lowest BCUT2D eigenvalue weighted by Gasteiger charge is -1.80. The molecule has 1 saturated heterocycles. The summed E-state index contributed by atoms with van der Waals surface area (Å²) >= 11 is 0. The van der Waals surface area contributed by atoms with Crippen molar-refractivity contribution < 1.29 is 14.6 Å². The Bertz CT molecular complexity index is 65.7.